The molecule has 0 amide bonds. The highest BCUT2D eigenvalue weighted by atomic mass is 79.9. The van der Waals surface area contributed by atoms with Crippen LogP contribution in [0.5, 0.6) is 0 Å². The van der Waals surface area contributed by atoms with Gasteiger partial charge in [0.15, 0.2) is 0 Å². The summed E-state index contributed by atoms with van der Waals surface area (Å²) in [6.07, 6.45) is 2.50. The van der Waals surface area contributed by atoms with Crippen LogP contribution in [0.1, 0.15) is 10.7 Å². The van der Waals surface area contributed by atoms with Crippen molar-refractivity contribution in [1.82, 2.24) is 15.0 Å². The Labute approximate surface area is 117 Å². The minimum absolute atomic E-state index is 0.237. The third-order valence-corrected chi connectivity index (χ3v) is 3.80. The molecule has 0 aromatic carbocycles. The Morgan fingerprint density at radius 1 is 1.47 bits per heavy atom. The number of nitrogens with zero attached hydrogens (tertiary/aromatic N) is 3. The fourth-order valence-corrected chi connectivity index (χ4v) is 2.52. The SMILES string of the molecule is Cc1csc(CCNc2nc(Cl)ncc2Br)n1. The Kier molecular flexibility index (Phi) is 4.31. The van der Waals surface area contributed by atoms with Crippen LogP contribution in [-0.2, 0) is 6.42 Å². The molecule has 0 spiro atoms. The Balaban J connectivity index is 1.91. The lowest BCUT2D eigenvalue weighted by Crippen LogP contribution is -2.07. The van der Waals surface area contributed by atoms with Crippen molar-refractivity contribution < 1.29 is 0 Å². The molecule has 0 aliphatic carbocycles. The van der Waals surface area contributed by atoms with Gasteiger partial charge >= 0.3 is 0 Å². The Morgan fingerprint density at radius 3 is 3.00 bits per heavy atom. The number of aromatic nitrogens is 3. The second-order valence-corrected chi connectivity index (χ2v) is 5.53. The third-order valence-electron chi connectivity index (χ3n) is 2.01. The van der Waals surface area contributed by atoms with E-state index in [1.807, 2.05) is 12.3 Å². The lowest BCUT2D eigenvalue weighted by Gasteiger charge is -2.05. The molecule has 0 saturated carbocycles. The number of aryl methyl sites for hydroxylation is 1. The van der Waals surface area contributed by atoms with Crippen LogP contribution < -0.4 is 5.32 Å². The second-order valence-electron chi connectivity index (χ2n) is 3.39. The van der Waals surface area contributed by atoms with Gasteiger partial charge in [-0.3, -0.25) is 0 Å². The highest BCUT2D eigenvalue weighted by molar-refractivity contribution is 9.10. The lowest BCUT2D eigenvalue weighted by atomic mass is 10.4. The van der Waals surface area contributed by atoms with Gasteiger partial charge in [-0.1, -0.05) is 0 Å². The van der Waals surface area contributed by atoms with Crippen molar-refractivity contribution in [3.05, 3.63) is 32.0 Å². The summed E-state index contributed by atoms with van der Waals surface area (Å²) in [6, 6.07) is 0. The topological polar surface area (TPSA) is 50.7 Å². The van der Waals surface area contributed by atoms with Crippen molar-refractivity contribution in [3.63, 3.8) is 0 Å². The number of thiazole rings is 1. The van der Waals surface area contributed by atoms with Gasteiger partial charge in [0.05, 0.1) is 9.48 Å². The van der Waals surface area contributed by atoms with Crippen LogP contribution in [0.15, 0.2) is 16.0 Å². The third kappa shape index (κ3) is 3.62. The zero-order chi connectivity index (χ0) is 12.3. The first-order valence-electron chi connectivity index (χ1n) is 4.98. The first-order valence-corrected chi connectivity index (χ1v) is 7.03. The van der Waals surface area contributed by atoms with Crippen molar-refractivity contribution in [2.45, 2.75) is 13.3 Å². The fourth-order valence-electron chi connectivity index (χ4n) is 1.27. The molecule has 0 fully saturated rings. The zero-order valence-electron chi connectivity index (χ0n) is 9.07. The van der Waals surface area contributed by atoms with Crippen LogP contribution in [0, 0.1) is 6.92 Å². The molecule has 2 heterocycles. The fraction of sp³-hybridized carbons (Fsp3) is 0.300. The first kappa shape index (κ1) is 12.7. The Hall–Kier alpha value is -0.720. The van der Waals surface area contributed by atoms with Gasteiger partial charge < -0.3 is 5.32 Å². The monoisotopic (exact) mass is 332 g/mol. The van der Waals surface area contributed by atoms with Gasteiger partial charge in [-0.25, -0.2) is 9.97 Å². The van der Waals surface area contributed by atoms with E-state index in [4.69, 9.17) is 11.6 Å². The molecule has 0 bridgehead atoms. The van der Waals surface area contributed by atoms with Crippen molar-refractivity contribution >= 4 is 44.7 Å². The summed E-state index contributed by atoms with van der Waals surface area (Å²) in [7, 11) is 0. The van der Waals surface area contributed by atoms with Crippen LogP contribution in [0.3, 0.4) is 0 Å². The molecule has 0 saturated heterocycles. The maximum atomic E-state index is 5.72. The predicted octanol–water partition coefficient (Wildman–Crippen LogP) is 3.31. The van der Waals surface area contributed by atoms with Gasteiger partial charge in [0.25, 0.3) is 0 Å². The molecule has 0 aliphatic heterocycles. The summed E-state index contributed by atoms with van der Waals surface area (Å²) in [6.45, 7) is 2.76. The molecule has 0 aliphatic rings. The molecular weight excluding hydrogens is 324 g/mol. The van der Waals surface area contributed by atoms with Crippen LogP contribution in [-0.4, -0.2) is 21.5 Å². The maximum Gasteiger partial charge on any atom is 0.224 e. The van der Waals surface area contributed by atoms with Crippen molar-refractivity contribution in [2.24, 2.45) is 0 Å². The number of nitrogens with one attached hydrogen (secondary N) is 1. The Morgan fingerprint density at radius 2 is 2.29 bits per heavy atom. The lowest BCUT2D eigenvalue weighted by molar-refractivity contribution is 0.971. The number of anilines is 1. The van der Waals surface area contributed by atoms with E-state index in [0.717, 1.165) is 28.1 Å². The summed E-state index contributed by atoms with van der Waals surface area (Å²) < 4.78 is 0.803. The molecule has 0 atom stereocenters. The number of hydrogen-bond donors (Lipinski definition) is 1. The van der Waals surface area contributed by atoms with Crippen molar-refractivity contribution in [3.8, 4) is 0 Å². The minimum atomic E-state index is 0.237. The molecule has 90 valence electrons. The van der Waals surface area contributed by atoms with Crippen molar-refractivity contribution in [2.75, 3.05) is 11.9 Å². The molecule has 2 rings (SSSR count). The van der Waals surface area contributed by atoms with E-state index in [9.17, 15) is 0 Å². The highest BCUT2D eigenvalue weighted by Gasteiger charge is 2.04. The van der Waals surface area contributed by atoms with E-state index in [2.05, 4.69) is 36.2 Å². The normalized spacial score (nSPS) is 10.5. The molecule has 17 heavy (non-hydrogen) atoms. The van der Waals surface area contributed by atoms with Gasteiger partial charge in [0.2, 0.25) is 5.28 Å². The van der Waals surface area contributed by atoms with Gasteiger partial charge in [-0.05, 0) is 34.5 Å². The van der Waals surface area contributed by atoms with Gasteiger partial charge in [0.1, 0.15) is 5.82 Å². The second kappa shape index (κ2) is 5.75. The van der Waals surface area contributed by atoms with E-state index in [1.165, 1.54) is 0 Å². The van der Waals surface area contributed by atoms with E-state index < -0.39 is 0 Å². The number of hydrogen-bond acceptors (Lipinski definition) is 5. The highest BCUT2D eigenvalue weighted by Crippen LogP contribution is 2.20. The number of halogens is 2. The largest absolute Gasteiger partial charge is 0.369 e. The van der Waals surface area contributed by atoms with Crippen LogP contribution in [0.25, 0.3) is 0 Å². The molecule has 2 aromatic rings. The maximum absolute atomic E-state index is 5.72. The summed E-state index contributed by atoms with van der Waals surface area (Å²) in [4.78, 5) is 12.3. The van der Waals surface area contributed by atoms with Crippen LogP contribution in [0.2, 0.25) is 5.28 Å². The standard InChI is InChI=1S/C10H10BrClN4S/c1-6-5-17-8(15-6)2-3-13-9-7(11)4-14-10(12)16-9/h4-5H,2-3H2,1H3,(H,13,14,16). The van der Waals surface area contributed by atoms with Gasteiger partial charge in [-0.2, -0.15) is 4.98 Å². The van der Waals surface area contributed by atoms with Gasteiger partial charge in [0, 0.05) is 30.2 Å². The van der Waals surface area contributed by atoms with Gasteiger partial charge in [-0.15, -0.1) is 11.3 Å². The van der Waals surface area contributed by atoms with E-state index in [0.29, 0.717) is 5.82 Å². The van der Waals surface area contributed by atoms with Crippen molar-refractivity contribution in [1.29, 1.82) is 0 Å². The number of rotatable bonds is 4. The predicted molar refractivity (Wildman–Crippen MR) is 73.8 cm³/mol. The molecule has 4 nitrogen and oxygen atoms in total. The molecule has 1 N–H and O–H groups in total. The summed E-state index contributed by atoms with van der Waals surface area (Å²) in [5, 5.41) is 6.60. The quantitative estimate of drug-likeness (QED) is 0.872. The van der Waals surface area contributed by atoms with E-state index in [1.54, 1.807) is 17.5 Å². The van der Waals surface area contributed by atoms with Crippen LogP contribution >= 0.6 is 38.9 Å². The minimum Gasteiger partial charge on any atom is -0.369 e. The summed E-state index contributed by atoms with van der Waals surface area (Å²) in [5.74, 6) is 0.707. The zero-order valence-corrected chi connectivity index (χ0v) is 12.2. The summed E-state index contributed by atoms with van der Waals surface area (Å²) in [5.41, 5.74) is 1.07. The molecule has 0 unspecified atom stereocenters. The van der Waals surface area contributed by atoms with E-state index in [-0.39, 0.29) is 5.28 Å². The molecule has 0 radical (unpaired) electrons. The van der Waals surface area contributed by atoms with Crippen LogP contribution in [0.4, 0.5) is 5.82 Å². The molecular formula is C10H10BrClN4S. The Bertz CT molecular complexity index is 517. The molecule has 2 aromatic heterocycles. The average molecular weight is 334 g/mol. The van der Waals surface area contributed by atoms with E-state index >= 15 is 0 Å². The average Bonchev–Trinajstić information content (AvgIpc) is 2.69. The smallest absolute Gasteiger partial charge is 0.224 e. The molecule has 7 heteroatoms. The summed E-state index contributed by atoms with van der Waals surface area (Å²) >= 11 is 10.8. The first-order chi connectivity index (χ1) is 8.15.